The molecule has 0 saturated heterocycles. The number of para-hydroxylation sites is 2. The summed E-state index contributed by atoms with van der Waals surface area (Å²) in [5.41, 5.74) is 5.68. The molecule has 0 aliphatic carbocycles. The van der Waals surface area contributed by atoms with Crippen molar-refractivity contribution in [1.82, 2.24) is 9.97 Å². The normalized spacial score (nSPS) is 10.8. The molecule has 0 fully saturated rings. The van der Waals surface area contributed by atoms with Gasteiger partial charge in [0.2, 0.25) is 0 Å². The fourth-order valence-corrected chi connectivity index (χ4v) is 3.79. The lowest BCUT2D eigenvalue weighted by molar-refractivity contribution is -0.118. The molecule has 4 rings (SSSR count). The summed E-state index contributed by atoms with van der Waals surface area (Å²) in [5, 5.41) is 2.87. The van der Waals surface area contributed by atoms with Crippen LogP contribution in [0.4, 0.5) is 5.69 Å². The smallest absolute Gasteiger partial charge is 0.262 e. The third-order valence-corrected chi connectivity index (χ3v) is 5.70. The van der Waals surface area contributed by atoms with Crippen LogP contribution in [-0.2, 0) is 4.79 Å². The maximum atomic E-state index is 12.4. The zero-order chi connectivity index (χ0) is 22.0. The number of benzene rings is 3. The summed E-state index contributed by atoms with van der Waals surface area (Å²) < 4.78 is 12.0. The average molecular weight is 480 g/mol. The number of fused-ring (bicyclic) bond motifs is 1. The van der Waals surface area contributed by atoms with Crippen molar-refractivity contribution in [2.75, 3.05) is 19.0 Å². The number of halogens is 1. The molecule has 0 aliphatic rings. The fraction of sp³-hybridized carbons (Fsp3) is 0.167. The standard InChI is InChI=1S/C24H22BrN3O3/c1-14-10-17(25)20(11-15(14)2)26-23(29)13-31-21-9-8-16(12-22(21)30-3)24-27-18-6-4-5-7-19(18)28-24/h4-12H,13H2,1-3H3,(H,26,29)(H,27,28). The lowest BCUT2D eigenvalue weighted by Gasteiger charge is -2.13. The Balaban J connectivity index is 1.47. The molecule has 31 heavy (non-hydrogen) atoms. The number of nitrogens with one attached hydrogen (secondary N) is 2. The molecule has 0 spiro atoms. The number of imidazole rings is 1. The van der Waals surface area contributed by atoms with Crippen molar-refractivity contribution >= 4 is 38.6 Å². The molecule has 1 amide bonds. The molecule has 2 N–H and O–H groups in total. The summed E-state index contributed by atoms with van der Waals surface area (Å²) in [6.07, 6.45) is 0. The van der Waals surface area contributed by atoms with E-state index < -0.39 is 0 Å². The third-order valence-electron chi connectivity index (χ3n) is 5.04. The van der Waals surface area contributed by atoms with E-state index in [1.54, 1.807) is 13.2 Å². The third kappa shape index (κ3) is 4.56. The van der Waals surface area contributed by atoms with Crippen molar-refractivity contribution in [1.29, 1.82) is 0 Å². The predicted molar refractivity (Wildman–Crippen MR) is 126 cm³/mol. The van der Waals surface area contributed by atoms with E-state index in [1.165, 1.54) is 0 Å². The molecule has 0 bridgehead atoms. The molecule has 1 aromatic heterocycles. The van der Waals surface area contributed by atoms with Gasteiger partial charge in [-0.25, -0.2) is 4.98 Å². The molecule has 158 valence electrons. The van der Waals surface area contributed by atoms with E-state index in [-0.39, 0.29) is 12.5 Å². The summed E-state index contributed by atoms with van der Waals surface area (Å²) in [6.45, 7) is 3.89. The van der Waals surface area contributed by atoms with Crippen LogP contribution < -0.4 is 14.8 Å². The Morgan fingerprint density at radius 3 is 2.61 bits per heavy atom. The minimum atomic E-state index is -0.257. The van der Waals surface area contributed by atoms with Gasteiger partial charge in [0.15, 0.2) is 18.1 Å². The molecule has 7 heteroatoms. The van der Waals surface area contributed by atoms with Crippen LogP contribution >= 0.6 is 15.9 Å². The van der Waals surface area contributed by atoms with Gasteiger partial charge in [-0.2, -0.15) is 0 Å². The number of aromatic amines is 1. The zero-order valence-electron chi connectivity index (χ0n) is 17.5. The highest BCUT2D eigenvalue weighted by atomic mass is 79.9. The van der Waals surface area contributed by atoms with E-state index in [1.807, 2.05) is 62.4 Å². The van der Waals surface area contributed by atoms with Crippen LogP contribution in [0, 0.1) is 13.8 Å². The average Bonchev–Trinajstić information content (AvgIpc) is 3.20. The van der Waals surface area contributed by atoms with Gasteiger partial charge >= 0.3 is 0 Å². The van der Waals surface area contributed by atoms with Crippen LogP contribution in [0.25, 0.3) is 22.4 Å². The zero-order valence-corrected chi connectivity index (χ0v) is 19.0. The van der Waals surface area contributed by atoms with Gasteiger partial charge in [0, 0.05) is 10.0 Å². The number of rotatable bonds is 6. The summed E-state index contributed by atoms with van der Waals surface area (Å²) in [6, 6.07) is 17.3. The Bertz CT molecular complexity index is 1230. The number of nitrogens with zero attached hydrogens (tertiary/aromatic N) is 1. The van der Waals surface area contributed by atoms with Crippen LogP contribution in [0.3, 0.4) is 0 Å². The number of hydrogen-bond donors (Lipinski definition) is 2. The van der Waals surface area contributed by atoms with Gasteiger partial charge < -0.3 is 19.8 Å². The van der Waals surface area contributed by atoms with Gasteiger partial charge in [0.05, 0.1) is 23.8 Å². The molecular weight excluding hydrogens is 458 g/mol. The summed E-state index contributed by atoms with van der Waals surface area (Å²) >= 11 is 3.49. The number of carbonyl (C=O) groups excluding carboxylic acids is 1. The molecule has 0 aliphatic heterocycles. The van der Waals surface area contributed by atoms with Crippen molar-refractivity contribution in [3.63, 3.8) is 0 Å². The Labute approximate surface area is 188 Å². The topological polar surface area (TPSA) is 76.2 Å². The van der Waals surface area contributed by atoms with Crippen LogP contribution in [0.2, 0.25) is 0 Å². The number of H-pyrrole nitrogens is 1. The summed E-state index contributed by atoms with van der Waals surface area (Å²) in [4.78, 5) is 20.3. The minimum absolute atomic E-state index is 0.139. The van der Waals surface area contributed by atoms with E-state index in [0.29, 0.717) is 17.2 Å². The molecule has 0 unspecified atom stereocenters. The van der Waals surface area contributed by atoms with E-state index in [0.717, 1.165) is 38.0 Å². The largest absolute Gasteiger partial charge is 0.493 e. The SMILES string of the molecule is COc1cc(-c2nc3ccccc3[nH]2)ccc1OCC(=O)Nc1cc(C)c(C)cc1Br. The Morgan fingerprint density at radius 2 is 1.84 bits per heavy atom. The molecule has 0 radical (unpaired) electrons. The predicted octanol–water partition coefficient (Wildman–Crippen LogP) is 5.64. The van der Waals surface area contributed by atoms with E-state index >= 15 is 0 Å². The van der Waals surface area contributed by atoms with Gasteiger partial charge in [-0.15, -0.1) is 0 Å². The molecule has 1 heterocycles. The van der Waals surface area contributed by atoms with Crippen molar-refractivity contribution in [2.45, 2.75) is 13.8 Å². The van der Waals surface area contributed by atoms with Gasteiger partial charge in [0.25, 0.3) is 5.91 Å². The van der Waals surface area contributed by atoms with Gasteiger partial charge in [0.1, 0.15) is 5.82 Å². The highest BCUT2D eigenvalue weighted by Gasteiger charge is 2.13. The highest BCUT2D eigenvalue weighted by molar-refractivity contribution is 9.10. The van der Waals surface area contributed by atoms with Gasteiger partial charge in [-0.1, -0.05) is 12.1 Å². The monoisotopic (exact) mass is 479 g/mol. The molecule has 3 aromatic carbocycles. The number of aromatic nitrogens is 2. The molecule has 0 atom stereocenters. The van der Waals surface area contributed by atoms with E-state index in [4.69, 9.17) is 9.47 Å². The minimum Gasteiger partial charge on any atom is -0.493 e. The van der Waals surface area contributed by atoms with Crippen molar-refractivity contribution in [2.24, 2.45) is 0 Å². The molecule has 0 saturated carbocycles. The van der Waals surface area contributed by atoms with Crippen LogP contribution in [-0.4, -0.2) is 29.6 Å². The number of methoxy groups -OCH3 is 1. The lowest BCUT2D eigenvalue weighted by Crippen LogP contribution is -2.20. The quantitative estimate of drug-likeness (QED) is 0.375. The summed E-state index contributed by atoms with van der Waals surface area (Å²) in [7, 11) is 1.57. The van der Waals surface area contributed by atoms with E-state index in [9.17, 15) is 4.79 Å². The van der Waals surface area contributed by atoms with Crippen LogP contribution in [0.1, 0.15) is 11.1 Å². The molecular formula is C24H22BrN3O3. The number of aryl methyl sites for hydroxylation is 2. The summed E-state index contributed by atoms with van der Waals surface area (Å²) in [5.74, 6) is 1.49. The first-order valence-corrected chi connectivity index (χ1v) is 10.6. The first kappa shape index (κ1) is 20.9. The van der Waals surface area contributed by atoms with Crippen molar-refractivity contribution < 1.29 is 14.3 Å². The Kier molecular flexibility index (Phi) is 5.95. The maximum Gasteiger partial charge on any atom is 0.262 e. The maximum absolute atomic E-state index is 12.4. The van der Waals surface area contributed by atoms with E-state index in [2.05, 4.69) is 31.2 Å². The van der Waals surface area contributed by atoms with Gasteiger partial charge in [-0.05, 0) is 83.4 Å². The van der Waals surface area contributed by atoms with Crippen LogP contribution in [0.5, 0.6) is 11.5 Å². The van der Waals surface area contributed by atoms with Crippen LogP contribution in [0.15, 0.2) is 59.1 Å². The number of anilines is 1. The second-order valence-electron chi connectivity index (χ2n) is 7.22. The highest BCUT2D eigenvalue weighted by Crippen LogP contribution is 2.32. The number of ether oxygens (including phenoxy) is 2. The Morgan fingerprint density at radius 1 is 1.06 bits per heavy atom. The van der Waals surface area contributed by atoms with Crippen molar-refractivity contribution in [3.05, 3.63) is 70.2 Å². The Hall–Kier alpha value is -3.32. The molecule has 4 aromatic rings. The second-order valence-corrected chi connectivity index (χ2v) is 8.08. The van der Waals surface area contributed by atoms with Crippen molar-refractivity contribution in [3.8, 4) is 22.9 Å². The number of hydrogen-bond acceptors (Lipinski definition) is 4. The second kappa shape index (κ2) is 8.81. The molecule has 6 nitrogen and oxygen atoms in total. The first-order valence-electron chi connectivity index (χ1n) is 9.77. The van der Waals surface area contributed by atoms with Gasteiger partial charge in [-0.3, -0.25) is 4.79 Å². The number of carbonyl (C=O) groups is 1. The fourth-order valence-electron chi connectivity index (χ4n) is 3.23. The first-order chi connectivity index (χ1) is 14.9. The lowest BCUT2D eigenvalue weighted by atomic mass is 10.1. The number of amides is 1.